The number of aliphatic hydroxyl groups is 1. The van der Waals surface area contributed by atoms with Crippen LogP contribution >= 0.6 is 0 Å². The highest BCUT2D eigenvalue weighted by atomic mass is 19.1. The van der Waals surface area contributed by atoms with Crippen LogP contribution in [-0.4, -0.2) is 38.3 Å². The minimum absolute atomic E-state index is 0.0521. The predicted octanol–water partition coefficient (Wildman–Crippen LogP) is 1.48. The van der Waals surface area contributed by atoms with E-state index in [9.17, 15) is 24.2 Å². The van der Waals surface area contributed by atoms with Crippen molar-refractivity contribution in [2.45, 2.75) is 19.4 Å². The summed E-state index contributed by atoms with van der Waals surface area (Å²) in [5, 5.41) is 22.1. The number of aromatic hydroxyl groups is 1. The number of nitrogens with zero attached hydrogens (tertiary/aromatic N) is 2. The smallest absolute Gasteiger partial charge is 0.267 e. The largest absolute Gasteiger partial charge is 0.505 e. The van der Waals surface area contributed by atoms with Gasteiger partial charge in [0.25, 0.3) is 11.5 Å². The number of amides is 1. The zero-order valence-corrected chi connectivity index (χ0v) is 15.4. The van der Waals surface area contributed by atoms with Gasteiger partial charge < -0.3 is 20.1 Å². The van der Waals surface area contributed by atoms with Gasteiger partial charge in [0.1, 0.15) is 16.9 Å². The number of aliphatic hydroxyl groups excluding tert-OH is 1. The minimum Gasteiger partial charge on any atom is -0.505 e. The Morgan fingerprint density at radius 2 is 1.96 bits per heavy atom. The first-order valence-electron chi connectivity index (χ1n) is 8.69. The highest BCUT2D eigenvalue weighted by molar-refractivity contribution is 6.01. The zero-order valence-electron chi connectivity index (χ0n) is 15.4. The van der Waals surface area contributed by atoms with Crippen LogP contribution in [0.25, 0.3) is 11.0 Å². The second-order valence-corrected chi connectivity index (χ2v) is 6.66. The molecule has 1 amide bonds. The van der Waals surface area contributed by atoms with Gasteiger partial charge in [-0.05, 0) is 42.7 Å². The van der Waals surface area contributed by atoms with Crippen molar-refractivity contribution < 1.29 is 19.4 Å². The fourth-order valence-electron chi connectivity index (χ4n) is 2.90. The van der Waals surface area contributed by atoms with Crippen molar-refractivity contribution in [1.82, 2.24) is 14.9 Å². The number of benzene rings is 1. The summed E-state index contributed by atoms with van der Waals surface area (Å²) >= 11 is 0. The molecule has 1 aromatic carbocycles. The third kappa shape index (κ3) is 3.86. The number of fused-ring (bicyclic) bond motifs is 1. The van der Waals surface area contributed by atoms with Gasteiger partial charge in [0, 0.05) is 19.8 Å². The molecule has 3 aromatic rings. The van der Waals surface area contributed by atoms with E-state index in [0.717, 1.165) is 11.1 Å². The number of pyridine rings is 2. The number of rotatable bonds is 5. The summed E-state index contributed by atoms with van der Waals surface area (Å²) in [7, 11) is 1.49. The lowest BCUT2D eigenvalue weighted by Crippen LogP contribution is -2.36. The molecule has 0 spiro atoms. The Morgan fingerprint density at radius 3 is 2.61 bits per heavy atom. The molecule has 0 bridgehead atoms. The van der Waals surface area contributed by atoms with Crippen LogP contribution in [0.15, 0.2) is 41.3 Å². The van der Waals surface area contributed by atoms with E-state index < -0.39 is 28.9 Å². The summed E-state index contributed by atoms with van der Waals surface area (Å²) in [5.74, 6) is -1.61. The molecule has 7 nitrogen and oxygen atoms in total. The molecule has 0 aliphatic heterocycles. The molecule has 3 N–H and O–H groups in total. The van der Waals surface area contributed by atoms with E-state index in [2.05, 4.69) is 10.3 Å². The van der Waals surface area contributed by atoms with E-state index in [1.807, 2.05) is 0 Å². The number of hydrogen-bond donors (Lipinski definition) is 3. The van der Waals surface area contributed by atoms with Gasteiger partial charge in [-0.15, -0.1) is 0 Å². The van der Waals surface area contributed by atoms with Crippen LogP contribution in [0.3, 0.4) is 0 Å². The van der Waals surface area contributed by atoms with Crippen molar-refractivity contribution in [2.24, 2.45) is 7.05 Å². The Balaban J connectivity index is 2.02. The zero-order chi connectivity index (χ0) is 20.4. The molecule has 0 fully saturated rings. The van der Waals surface area contributed by atoms with Crippen LogP contribution in [0.5, 0.6) is 5.75 Å². The van der Waals surface area contributed by atoms with Crippen LogP contribution in [-0.2, 0) is 13.5 Å². The average Bonchev–Trinajstić information content (AvgIpc) is 2.66. The SMILES string of the molecule is C[C@H](O)CNC(=O)c1c(O)c2ncc(Cc3ccc(F)cc3)cc2n(C)c1=O. The molecular weight excluding hydrogens is 365 g/mol. The van der Waals surface area contributed by atoms with Crippen LogP contribution in [0.4, 0.5) is 4.39 Å². The van der Waals surface area contributed by atoms with Crippen LogP contribution in [0.1, 0.15) is 28.4 Å². The van der Waals surface area contributed by atoms with Gasteiger partial charge in [-0.2, -0.15) is 0 Å². The van der Waals surface area contributed by atoms with E-state index in [4.69, 9.17) is 0 Å². The van der Waals surface area contributed by atoms with Crippen molar-refractivity contribution in [2.75, 3.05) is 6.54 Å². The average molecular weight is 385 g/mol. The number of halogens is 1. The molecule has 2 heterocycles. The molecule has 1 atom stereocenters. The maximum Gasteiger partial charge on any atom is 0.267 e. The Kier molecular flexibility index (Phi) is 5.41. The molecule has 0 aliphatic rings. The molecule has 8 heteroatoms. The lowest BCUT2D eigenvalue weighted by Gasteiger charge is -2.13. The van der Waals surface area contributed by atoms with Gasteiger partial charge >= 0.3 is 0 Å². The first-order chi connectivity index (χ1) is 13.3. The summed E-state index contributed by atoms with van der Waals surface area (Å²) in [6.07, 6.45) is 1.21. The molecule has 3 rings (SSSR count). The van der Waals surface area contributed by atoms with Crippen LogP contribution < -0.4 is 10.9 Å². The van der Waals surface area contributed by atoms with E-state index in [-0.39, 0.29) is 17.9 Å². The topological polar surface area (TPSA) is 104 Å². The maximum absolute atomic E-state index is 13.1. The first-order valence-corrected chi connectivity index (χ1v) is 8.69. The van der Waals surface area contributed by atoms with Crippen LogP contribution in [0, 0.1) is 5.82 Å². The van der Waals surface area contributed by atoms with E-state index in [1.54, 1.807) is 18.2 Å². The first kappa shape index (κ1) is 19.5. The van der Waals surface area contributed by atoms with Crippen molar-refractivity contribution >= 4 is 16.9 Å². The highest BCUT2D eigenvalue weighted by Gasteiger charge is 2.22. The normalized spacial score (nSPS) is 12.1. The predicted molar refractivity (Wildman–Crippen MR) is 102 cm³/mol. The molecule has 146 valence electrons. The maximum atomic E-state index is 13.1. The van der Waals surface area contributed by atoms with Crippen molar-refractivity contribution in [3.8, 4) is 5.75 Å². The third-order valence-corrected chi connectivity index (χ3v) is 4.37. The molecule has 0 aliphatic carbocycles. The second-order valence-electron chi connectivity index (χ2n) is 6.66. The molecule has 2 aromatic heterocycles. The minimum atomic E-state index is -0.789. The molecule has 0 unspecified atom stereocenters. The fourth-order valence-corrected chi connectivity index (χ4v) is 2.90. The molecular formula is C20H20FN3O4. The monoisotopic (exact) mass is 385 g/mol. The Hall–Kier alpha value is -3.26. The second kappa shape index (κ2) is 7.77. The van der Waals surface area contributed by atoms with E-state index >= 15 is 0 Å². The Bertz CT molecular complexity index is 1090. The fraction of sp³-hybridized carbons (Fsp3) is 0.250. The number of aromatic nitrogens is 2. The lowest BCUT2D eigenvalue weighted by atomic mass is 10.1. The molecule has 0 radical (unpaired) electrons. The Labute approximate surface area is 160 Å². The summed E-state index contributed by atoms with van der Waals surface area (Å²) in [5.41, 5.74) is 1.02. The Morgan fingerprint density at radius 1 is 1.29 bits per heavy atom. The van der Waals surface area contributed by atoms with Gasteiger partial charge in [0.15, 0.2) is 5.75 Å². The van der Waals surface area contributed by atoms with Gasteiger partial charge in [-0.3, -0.25) is 14.6 Å². The lowest BCUT2D eigenvalue weighted by molar-refractivity contribution is 0.0919. The standard InChI is InChI=1S/C20H20FN3O4/c1-11(25)9-23-19(27)16-18(26)17-15(24(2)20(16)28)8-13(10-22-17)7-12-3-5-14(21)6-4-12/h3-6,8,10-11,25-26H,7,9H2,1-2H3,(H,23,27)/t11-/m0/s1. The van der Waals surface area contributed by atoms with Gasteiger partial charge in [-0.1, -0.05) is 12.1 Å². The molecule has 0 saturated heterocycles. The van der Waals surface area contributed by atoms with Gasteiger partial charge in [0.2, 0.25) is 0 Å². The molecule has 0 saturated carbocycles. The van der Waals surface area contributed by atoms with Crippen molar-refractivity contribution in [3.63, 3.8) is 0 Å². The van der Waals surface area contributed by atoms with Gasteiger partial charge in [-0.25, -0.2) is 4.39 Å². The number of aryl methyl sites for hydroxylation is 1. The summed E-state index contributed by atoms with van der Waals surface area (Å²) in [6, 6.07) is 7.74. The number of hydrogen-bond acceptors (Lipinski definition) is 5. The highest BCUT2D eigenvalue weighted by Crippen LogP contribution is 2.25. The van der Waals surface area contributed by atoms with E-state index in [1.165, 1.54) is 36.9 Å². The third-order valence-electron chi connectivity index (χ3n) is 4.37. The van der Waals surface area contributed by atoms with Crippen molar-refractivity contribution in [1.29, 1.82) is 0 Å². The summed E-state index contributed by atoms with van der Waals surface area (Å²) in [4.78, 5) is 29.1. The molecule has 28 heavy (non-hydrogen) atoms. The van der Waals surface area contributed by atoms with Gasteiger partial charge in [0.05, 0.1) is 11.6 Å². The number of carbonyl (C=O) groups is 1. The van der Waals surface area contributed by atoms with E-state index in [0.29, 0.717) is 11.9 Å². The summed E-state index contributed by atoms with van der Waals surface area (Å²) in [6.45, 7) is 1.44. The quantitative estimate of drug-likeness (QED) is 0.617. The van der Waals surface area contributed by atoms with Crippen LogP contribution in [0.2, 0.25) is 0 Å². The number of carbonyl (C=O) groups excluding carboxylic acids is 1. The summed E-state index contributed by atoms with van der Waals surface area (Å²) < 4.78 is 14.3. The number of nitrogens with one attached hydrogen (secondary N) is 1. The van der Waals surface area contributed by atoms with Crippen molar-refractivity contribution in [3.05, 3.63) is 69.4 Å².